The zero-order chi connectivity index (χ0) is 11.8. The third kappa shape index (κ3) is 4.54. The molecule has 16 heavy (non-hydrogen) atoms. The van der Waals surface area contributed by atoms with Gasteiger partial charge in [0.05, 0.1) is 11.9 Å². The lowest BCUT2D eigenvalue weighted by Gasteiger charge is -2.15. The van der Waals surface area contributed by atoms with Crippen LogP contribution < -0.4 is 5.73 Å². The van der Waals surface area contributed by atoms with Gasteiger partial charge >= 0.3 is 0 Å². The number of hydrogen-bond acceptors (Lipinski definition) is 1. The van der Waals surface area contributed by atoms with Crippen molar-refractivity contribution >= 4 is 5.84 Å². The average molecular weight is 224 g/mol. The number of aliphatic imine (C=N–C) groups is 1. The topological polar surface area (TPSA) is 38.4 Å². The molecule has 2 nitrogen and oxygen atoms in total. The number of rotatable bonds is 7. The van der Waals surface area contributed by atoms with E-state index in [2.05, 4.69) is 13.8 Å². The highest BCUT2D eigenvalue weighted by molar-refractivity contribution is 5.83. The second-order valence-electron chi connectivity index (χ2n) is 5.12. The Bertz CT molecular complexity index is 205. The standard InChI is InChI=1S/C14H28N2/c1-3-5-11-13(8-4-2)16-14(15)12-9-6-7-10-12/h12-13H,3-11H2,1-2H3,(H2,15,16). The van der Waals surface area contributed by atoms with E-state index in [4.69, 9.17) is 10.7 Å². The van der Waals surface area contributed by atoms with E-state index in [1.165, 1.54) is 57.8 Å². The van der Waals surface area contributed by atoms with Gasteiger partial charge in [0.2, 0.25) is 0 Å². The summed E-state index contributed by atoms with van der Waals surface area (Å²) in [5, 5.41) is 0. The maximum absolute atomic E-state index is 6.13. The van der Waals surface area contributed by atoms with E-state index in [1.54, 1.807) is 0 Å². The fourth-order valence-electron chi connectivity index (χ4n) is 2.58. The molecule has 0 aromatic rings. The molecular formula is C14H28N2. The number of nitrogens with zero attached hydrogens (tertiary/aromatic N) is 1. The fraction of sp³-hybridized carbons (Fsp3) is 0.929. The largest absolute Gasteiger partial charge is 0.387 e. The highest BCUT2D eigenvalue weighted by Crippen LogP contribution is 2.25. The van der Waals surface area contributed by atoms with Gasteiger partial charge in [0, 0.05) is 5.92 Å². The summed E-state index contributed by atoms with van der Waals surface area (Å²) < 4.78 is 0. The van der Waals surface area contributed by atoms with Crippen molar-refractivity contribution in [1.29, 1.82) is 0 Å². The molecule has 2 heteroatoms. The van der Waals surface area contributed by atoms with E-state index in [0.29, 0.717) is 12.0 Å². The van der Waals surface area contributed by atoms with E-state index in [0.717, 1.165) is 5.84 Å². The van der Waals surface area contributed by atoms with Crippen LogP contribution in [-0.4, -0.2) is 11.9 Å². The summed E-state index contributed by atoms with van der Waals surface area (Å²) in [5.41, 5.74) is 6.13. The van der Waals surface area contributed by atoms with Crippen LogP contribution in [0.5, 0.6) is 0 Å². The van der Waals surface area contributed by atoms with Crippen LogP contribution in [0.25, 0.3) is 0 Å². The Hall–Kier alpha value is -0.530. The molecular weight excluding hydrogens is 196 g/mol. The Kier molecular flexibility index (Phi) is 6.51. The number of hydrogen-bond donors (Lipinski definition) is 1. The highest BCUT2D eigenvalue weighted by Gasteiger charge is 2.19. The first-order valence-corrected chi connectivity index (χ1v) is 7.11. The summed E-state index contributed by atoms with van der Waals surface area (Å²) in [4.78, 5) is 4.78. The lowest BCUT2D eigenvalue weighted by Crippen LogP contribution is -2.24. The summed E-state index contributed by atoms with van der Waals surface area (Å²) in [6, 6.07) is 0.491. The summed E-state index contributed by atoms with van der Waals surface area (Å²) in [6.07, 6.45) is 11.4. The van der Waals surface area contributed by atoms with Gasteiger partial charge in [-0.1, -0.05) is 46.0 Å². The van der Waals surface area contributed by atoms with Gasteiger partial charge in [-0.3, -0.25) is 4.99 Å². The lowest BCUT2D eigenvalue weighted by atomic mass is 10.0. The molecule has 0 aliphatic heterocycles. The van der Waals surface area contributed by atoms with Crippen LogP contribution in [0.2, 0.25) is 0 Å². The molecule has 0 heterocycles. The Morgan fingerprint density at radius 3 is 2.44 bits per heavy atom. The minimum Gasteiger partial charge on any atom is -0.387 e. The van der Waals surface area contributed by atoms with Gasteiger partial charge < -0.3 is 5.73 Å². The van der Waals surface area contributed by atoms with E-state index in [9.17, 15) is 0 Å². The van der Waals surface area contributed by atoms with Crippen LogP contribution in [0.1, 0.15) is 71.6 Å². The number of unbranched alkanes of at least 4 members (excludes halogenated alkanes) is 1. The smallest absolute Gasteiger partial charge is 0.0971 e. The van der Waals surface area contributed by atoms with E-state index in [-0.39, 0.29) is 0 Å². The van der Waals surface area contributed by atoms with Gasteiger partial charge in [-0.2, -0.15) is 0 Å². The molecule has 1 fully saturated rings. The van der Waals surface area contributed by atoms with Crippen molar-refractivity contribution in [2.45, 2.75) is 77.7 Å². The average Bonchev–Trinajstić information content (AvgIpc) is 2.79. The normalized spacial score (nSPS) is 20.2. The zero-order valence-corrected chi connectivity index (χ0v) is 11.0. The van der Waals surface area contributed by atoms with Gasteiger partial charge in [-0.25, -0.2) is 0 Å². The first-order chi connectivity index (χ1) is 7.77. The van der Waals surface area contributed by atoms with Crippen molar-refractivity contribution in [3.63, 3.8) is 0 Å². The third-order valence-corrected chi connectivity index (χ3v) is 3.62. The molecule has 1 saturated carbocycles. The van der Waals surface area contributed by atoms with Crippen molar-refractivity contribution in [3.8, 4) is 0 Å². The van der Waals surface area contributed by atoms with Crippen molar-refractivity contribution in [2.75, 3.05) is 0 Å². The molecule has 2 N–H and O–H groups in total. The first-order valence-electron chi connectivity index (χ1n) is 7.11. The monoisotopic (exact) mass is 224 g/mol. The Morgan fingerprint density at radius 1 is 1.19 bits per heavy atom. The molecule has 0 saturated heterocycles. The van der Waals surface area contributed by atoms with Crippen LogP contribution in [0, 0.1) is 5.92 Å². The van der Waals surface area contributed by atoms with Crippen molar-refractivity contribution in [3.05, 3.63) is 0 Å². The molecule has 0 bridgehead atoms. The van der Waals surface area contributed by atoms with Gasteiger partial charge in [-0.15, -0.1) is 0 Å². The Balaban J connectivity index is 2.45. The molecule has 1 aliphatic carbocycles. The molecule has 94 valence electrons. The van der Waals surface area contributed by atoms with Crippen LogP contribution in [0.3, 0.4) is 0 Å². The fourth-order valence-corrected chi connectivity index (χ4v) is 2.58. The molecule has 1 unspecified atom stereocenters. The molecule has 1 aliphatic rings. The van der Waals surface area contributed by atoms with Crippen molar-refractivity contribution in [2.24, 2.45) is 16.6 Å². The van der Waals surface area contributed by atoms with Crippen molar-refractivity contribution in [1.82, 2.24) is 0 Å². The zero-order valence-electron chi connectivity index (χ0n) is 11.0. The minimum atomic E-state index is 0.491. The second-order valence-corrected chi connectivity index (χ2v) is 5.12. The van der Waals surface area contributed by atoms with Crippen molar-refractivity contribution < 1.29 is 0 Å². The SMILES string of the molecule is CCCCC(CCC)N=C(N)C1CCCC1. The van der Waals surface area contributed by atoms with Gasteiger partial charge in [-0.05, 0) is 25.7 Å². The molecule has 0 aromatic carbocycles. The Morgan fingerprint density at radius 2 is 1.88 bits per heavy atom. The molecule has 0 aromatic heterocycles. The highest BCUT2D eigenvalue weighted by atomic mass is 14.9. The summed E-state index contributed by atoms with van der Waals surface area (Å²) in [7, 11) is 0. The van der Waals surface area contributed by atoms with Crippen LogP contribution in [0.15, 0.2) is 4.99 Å². The second kappa shape index (κ2) is 7.70. The maximum Gasteiger partial charge on any atom is 0.0971 e. The van der Waals surface area contributed by atoms with Gasteiger partial charge in [0.15, 0.2) is 0 Å². The van der Waals surface area contributed by atoms with E-state index >= 15 is 0 Å². The Labute approximate surface area is 101 Å². The quantitative estimate of drug-likeness (QED) is 0.517. The molecule has 0 radical (unpaired) electrons. The minimum absolute atomic E-state index is 0.491. The predicted molar refractivity (Wildman–Crippen MR) is 71.8 cm³/mol. The summed E-state index contributed by atoms with van der Waals surface area (Å²) in [5.74, 6) is 1.55. The van der Waals surface area contributed by atoms with Gasteiger partial charge in [0.25, 0.3) is 0 Å². The summed E-state index contributed by atoms with van der Waals surface area (Å²) in [6.45, 7) is 4.48. The first kappa shape index (κ1) is 13.5. The molecule has 0 spiro atoms. The summed E-state index contributed by atoms with van der Waals surface area (Å²) >= 11 is 0. The number of amidine groups is 1. The third-order valence-electron chi connectivity index (χ3n) is 3.62. The van der Waals surface area contributed by atoms with Crippen LogP contribution >= 0.6 is 0 Å². The van der Waals surface area contributed by atoms with E-state index in [1.807, 2.05) is 0 Å². The maximum atomic E-state index is 6.13. The van der Waals surface area contributed by atoms with E-state index < -0.39 is 0 Å². The lowest BCUT2D eigenvalue weighted by molar-refractivity contribution is 0.531. The molecule has 1 rings (SSSR count). The predicted octanol–water partition coefficient (Wildman–Crippen LogP) is 3.89. The number of nitrogens with two attached hydrogens (primary N) is 1. The molecule has 1 atom stereocenters. The van der Waals surface area contributed by atoms with Crippen LogP contribution in [0.4, 0.5) is 0 Å². The van der Waals surface area contributed by atoms with Crippen LogP contribution in [-0.2, 0) is 0 Å². The molecule has 0 amide bonds. The van der Waals surface area contributed by atoms with Gasteiger partial charge in [0.1, 0.15) is 0 Å².